The molecule has 0 aliphatic rings. The molecule has 0 amide bonds. The molecule has 4 heteroatoms. The lowest BCUT2D eigenvalue weighted by molar-refractivity contribution is 0.799. The minimum Gasteiger partial charge on any atom is -0.373 e. The lowest BCUT2D eigenvalue weighted by atomic mass is 10.2. The second-order valence-corrected chi connectivity index (χ2v) is 6.87. The first-order valence-electron chi connectivity index (χ1n) is 6.05. The number of aromatic nitrogens is 2. The maximum Gasteiger partial charge on any atom is 0.140 e. The molecule has 0 aliphatic carbocycles. The fourth-order valence-electron chi connectivity index (χ4n) is 1.55. The quantitative estimate of drug-likeness (QED) is 0.892. The van der Waals surface area contributed by atoms with Gasteiger partial charge in [-0.15, -0.1) is 11.8 Å². The molecular weight excluding hydrogens is 230 g/mol. The van der Waals surface area contributed by atoms with Gasteiger partial charge in [0.25, 0.3) is 0 Å². The van der Waals surface area contributed by atoms with E-state index in [2.05, 4.69) is 49.9 Å². The smallest absolute Gasteiger partial charge is 0.140 e. The number of thioether (sulfide) groups is 1. The molecule has 0 saturated heterocycles. The standard InChI is InChI=1S/C13H23N3S/c1-7-10-9(2)12(14-6)16-11(15-10)8-17-13(3,4)5/h7-8H2,1-6H3,(H,14,15,16). The van der Waals surface area contributed by atoms with Crippen LogP contribution in [0.5, 0.6) is 0 Å². The summed E-state index contributed by atoms with van der Waals surface area (Å²) in [6, 6.07) is 0. The summed E-state index contributed by atoms with van der Waals surface area (Å²) in [7, 11) is 1.91. The van der Waals surface area contributed by atoms with Gasteiger partial charge in [-0.25, -0.2) is 9.97 Å². The number of nitrogens with one attached hydrogen (secondary N) is 1. The van der Waals surface area contributed by atoms with Crippen molar-refractivity contribution in [1.29, 1.82) is 0 Å². The first kappa shape index (κ1) is 14.3. The molecular formula is C13H23N3S. The van der Waals surface area contributed by atoms with Crippen molar-refractivity contribution in [2.45, 2.75) is 51.5 Å². The van der Waals surface area contributed by atoms with Crippen LogP contribution in [0.15, 0.2) is 0 Å². The van der Waals surface area contributed by atoms with E-state index < -0.39 is 0 Å². The van der Waals surface area contributed by atoms with Gasteiger partial charge >= 0.3 is 0 Å². The normalized spacial score (nSPS) is 11.6. The number of hydrogen-bond donors (Lipinski definition) is 1. The Morgan fingerprint density at radius 1 is 1.24 bits per heavy atom. The second kappa shape index (κ2) is 5.71. The van der Waals surface area contributed by atoms with Crippen molar-refractivity contribution >= 4 is 17.6 Å². The summed E-state index contributed by atoms with van der Waals surface area (Å²) >= 11 is 1.88. The van der Waals surface area contributed by atoms with Crippen molar-refractivity contribution in [1.82, 2.24) is 9.97 Å². The molecule has 17 heavy (non-hydrogen) atoms. The third-order valence-electron chi connectivity index (χ3n) is 2.50. The summed E-state index contributed by atoms with van der Waals surface area (Å²) in [5, 5.41) is 3.15. The van der Waals surface area contributed by atoms with Crippen LogP contribution in [0.3, 0.4) is 0 Å². The van der Waals surface area contributed by atoms with Crippen LogP contribution >= 0.6 is 11.8 Å². The summed E-state index contributed by atoms with van der Waals surface area (Å²) < 4.78 is 0.250. The molecule has 1 aromatic rings. The molecule has 1 N–H and O–H groups in total. The van der Waals surface area contributed by atoms with Gasteiger partial charge in [0.1, 0.15) is 11.6 Å². The monoisotopic (exact) mass is 253 g/mol. The third-order valence-corrected chi connectivity index (χ3v) is 3.77. The Morgan fingerprint density at radius 2 is 1.88 bits per heavy atom. The first-order valence-corrected chi connectivity index (χ1v) is 7.04. The highest BCUT2D eigenvalue weighted by atomic mass is 32.2. The topological polar surface area (TPSA) is 37.8 Å². The molecule has 0 atom stereocenters. The molecule has 0 fully saturated rings. The van der Waals surface area contributed by atoms with Gasteiger partial charge in [0.05, 0.1) is 5.75 Å². The SMILES string of the molecule is CCc1nc(CSC(C)(C)C)nc(NC)c1C. The Labute approximate surface area is 109 Å². The van der Waals surface area contributed by atoms with Gasteiger partial charge in [-0.05, 0) is 13.3 Å². The maximum atomic E-state index is 4.63. The van der Waals surface area contributed by atoms with E-state index in [0.717, 1.165) is 29.5 Å². The van der Waals surface area contributed by atoms with Crippen LogP contribution < -0.4 is 5.32 Å². The van der Waals surface area contributed by atoms with E-state index in [4.69, 9.17) is 0 Å². The zero-order valence-electron chi connectivity index (χ0n) is 11.7. The minimum atomic E-state index is 0.250. The molecule has 0 radical (unpaired) electrons. The van der Waals surface area contributed by atoms with Crippen LogP contribution in [0.1, 0.15) is 44.8 Å². The van der Waals surface area contributed by atoms with Crippen molar-refractivity contribution in [2.75, 3.05) is 12.4 Å². The van der Waals surface area contributed by atoms with Gasteiger partial charge in [-0.1, -0.05) is 27.7 Å². The molecule has 0 aliphatic heterocycles. The fourth-order valence-corrected chi connectivity index (χ4v) is 2.24. The van der Waals surface area contributed by atoms with E-state index in [9.17, 15) is 0 Å². The van der Waals surface area contributed by atoms with Crippen molar-refractivity contribution in [3.05, 3.63) is 17.1 Å². The average molecular weight is 253 g/mol. The van der Waals surface area contributed by atoms with E-state index in [1.54, 1.807) is 0 Å². The van der Waals surface area contributed by atoms with E-state index in [-0.39, 0.29) is 4.75 Å². The van der Waals surface area contributed by atoms with E-state index in [1.807, 2.05) is 18.8 Å². The zero-order chi connectivity index (χ0) is 13.1. The molecule has 0 spiro atoms. The predicted octanol–water partition coefficient (Wildman–Crippen LogP) is 3.42. The summed E-state index contributed by atoms with van der Waals surface area (Å²) in [6.07, 6.45) is 0.955. The lowest BCUT2D eigenvalue weighted by Gasteiger charge is -2.18. The van der Waals surface area contributed by atoms with Crippen LogP contribution in [0.25, 0.3) is 0 Å². The Kier molecular flexibility index (Phi) is 4.80. The van der Waals surface area contributed by atoms with E-state index >= 15 is 0 Å². The van der Waals surface area contributed by atoms with Gasteiger partial charge in [-0.3, -0.25) is 0 Å². The Hall–Kier alpha value is -0.770. The Balaban J connectivity index is 2.93. The first-order chi connectivity index (χ1) is 7.87. The Morgan fingerprint density at radius 3 is 2.35 bits per heavy atom. The Bertz CT molecular complexity index is 358. The van der Waals surface area contributed by atoms with Crippen molar-refractivity contribution in [3.63, 3.8) is 0 Å². The van der Waals surface area contributed by atoms with E-state index in [1.165, 1.54) is 5.56 Å². The van der Waals surface area contributed by atoms with Crippen LogP contribution in [-0.2, 0) is 12.2 Å². The van der Waals surface area contributed by atoms with Crippen LogP contribution in [0, 0.1) is 6.92 Å². The van der Waals surface area contributed by atoms with Crippen molar-refractivity contribution in [3.8, 4) is 0 Å². The molecule has 0 saturated carbocycles. The molecule has 3 nitrogen and oxygen atoms in total. The number of anilines is 1. The number of rotatable bonds is 4. The highest BCUT2D eigenvalue weighted by molar-refractivity contribution is 7.99. The minimum absolute atomic E-state index is 0.250. The van der Waals surface area contributed by atoms with Gasteiger partial charge < -0.3 is 5.32 Å². The van der Waals surface area contributed by atoms with Crippen LogP contribution in [0.4, 0.5) is 5.82 Å². The predicted molar refractivity (Wildman–Crippen MR) is 76.7 cm³/mol. The number of hydrogen-bond acceptors (Lipinski definition) is 4. The summed E-state index contributed by atoms with van der Waals surface area (Å²) in [4.78, 5) is 9.19. The van der Waals surface area contributed by atoms with Gasteiger partial charge in [0.2, 0.25) is 0 Å². The summed E-state index contributed by atoms with van der Waals surface area (Å²) in [6.45, 7) is 10.9. The van der Waals surface area contributed by atoms with Gasteiger partial charge in [-0.2, -0.15) is 0 Å². The van der Waals surface area contributed by atoms with Crippen molar-refractivity contribution in [2.24, 2.45) is 0 Å². The van der Waals surface area contributed by atoms with Crippen molar-refractivity contribution < 1.29 is 0 Å². The third kappa shape index (κ3) is 4.19. The molecule has 0 bridgehead atoms. The molecule has 0 unspecified atom stereocenters. The number of nitrogens with zero attached hydrogens (tertiary/aromatic N) is 2. The molecule has 1 heterocycles. The zero-order valence-corrected chi connectivity index (χ0v) is 12.5. The molecule has 0 aromatic carbocycles. The highest BCUT2D eigenvalue weighted by Crippen LogP contribution is 2.27. The lowest BCUT2D eigenvalue weighted by Crippen LogP contribution is -2.11. The van der Waals surface area contributed by atoms with Gasteiger partial charge in [0.15, 0.2) is 0 Å². The average Bonchev–Trinajstić information content (AvgIpc) is 2.26. The largest absolute Gasteiger partial charge is 0.373 e. The summed E-state index contributed by atoms with van der Waals surface area (Å²) in [5.41, 5.74) is 2.31. The maximum absolute atomic E-state index is 4.63. The molecule has 96 valence electrons. The summed E-state index contributed by atoms with van der Waals surface area (Å²) in [5.74, 6) is 2.75. The highest BCUT2D eigenvalue weighted by Gasteiger charge is 2.14. The van der Waals surface area contributed by atoms with Gasteiger partial charge in [0, 0.05) is 23.1 Å². The van der Waals surface area contributed by atoms with Crippen LogP contribution in [-0.4, -0.2) is 21.8 Å². The van der Waals surface area contributed by atoms with E-state index in [0.29, 0.717) is 0 Å². The molecule has 1 rings (SSSR count). The molecule has 1 aromatic heterocycles. The number of aryl methyl sites for hydroxylation is 1. The second-order valence-electron chi connectivity index (χ2n) is 5.06. The van der Waals surface area contributed by atoms with Crippen LogP contribution in [0.2, 0.25) is 0 Å². The fraction of sp³-hybridized carbons (Fsp3) is 0.692.